The molecule has 0 radical (unpaired) electrons. The van der Waals surface area contributed by atoms with Crippen LogP contribution in [0.4, 0.5) is 0 Å². The second kappa shape index (κ2) is 10.3. The second-order valence-electron chi connectivity index (χ2n) is 6.99. The zero-order chi connectivity index (χ0) is 21.5. The van der Waals surface area contributed by atoms with E-state index in [4.69, 9.17) is 9.47 Å². The summed E-state index contributed by atoms with van der Waals surface area (Å²) in [6.45, 7) is 4.64. The van der Waals surface area contributed by atoms with Gasteiger partial charge in [0.25, 0.3) is 0 Å². The maximum absolute atomic E-state index is 13.0. The number of methoxy groups -OCH3 is 2. The highest BCUT2D eigenvalue weighted by molar-refractivity contribution is 8.15. The summed E-state index contributed by atoms with van der Waals surface area (Å²) in [5, 5.41) is 9.17. The normalized spacial score (nSPS) is 17.9. The number of amidine groups is 1. The Balaban J connectivity index is 1.83. The van der Waals surface area contributed by atoms with Crippen LogP contribution in [-0.2, 0) is 11.3 Å². The molecule has 1 aliphatic rings. The minimum atomic E-state index is -0.103. The van der Waals surface area contributed by atoms with Crippen LogP contribution in [0.15, 0.2) is 52.7 Å². The number of carbonyl (C=O) groups is 1. The number of amides is 1. The lowest BCUT2D eigenvalue weighted by atomic mass is 10.1. The maximum atomic E-state index is 13.0. The van der Waals surface area contributed by atoms with Gasteiger partial charge in [0, 0.05) is 0 Å². The number of benzene rings is 2. The monoisotopic (exact) mass is 425 g/mol. The summed E-state index contributed by atoms with van der Waals surface area (Å²) in [7, 11) is 3.19. The number of nitrogens with zero attached hydrogens (tertiary/aromatic N) is 3. The molecule has 1 atom stereocenters. The molecule has 1 aliphatic heterocycles. The molecule has 7 heteroatoms. The molecule has 2 aromatic rings. The second-order valence-corrected chi connectivity index (χ2v) is 8.16. The number of rotatable bonds is 8. The van der Waals surface area contributed by atoms with E-state index < -0.39 is 0 Å². The highest BCUT2D eigenvalue weighted by Gasteiger charge is 2.37. The first-order valence-electron chi connectivity index (χ1n) is 9.93. The maximum Gasteiger partial charge on any atom is 0.242 e. The lowest BCUT2D eigenvalue weighted by Gasteiger charge is -2.17. The summed E-state index contributed by atoms with van der Waals surface area (Å²) in [5.74, 6) is 1.39. The van der Waals surface area contributed by atoms with Crippen LogP contribution in [0, 0.1) is 6.92 Å². The quantitative estimate of drug-likeness (QED) is 0.456. The van der Waals surface area contributed by atoms with Gasteiger partial charge in [-0.15, -0.1) is 5.10 Å². The number of ether oxygens (including phenoxy) is 2. The molecule has 0 aliphatic carbocycles. The molecule has 30 heavy (non-hydrogen) atoms. The van der Waals surface area contributed by atoms with E-state index in [1.54, 1.807) is 25.3 Å². The zero-order valence-electron chi connectivity index (χ0n) is 17.8. The van der Waals surface area contributed by atoms with Gasteiger partial charge in [0.2, 0.25) is 5.91 Å². The van der Waals surface area contributed by atoms with E-state index in [1.807, 2.05) is 36.4 Å². The van der Waals surface area contributed by atoms with Crippen molar-refractivity contribution >= 4 is 29.1 Å². The van der Waals surface area contributed by atoms with Gasteiger partial charge >= 0.3 is 0 Å². The summed E-state index contributed by atoms with van der Waals surface area (Å²) >= 11 is 1.49. The number of thioether (sulfide) groups is 1. The first-order chi connectivity index (χ1) is 14.6. The molecule has 1 unspecified atom stereocenters. The van der Waals surface area contributed by atoms with E-state index in [2.05, 4.69) is 30.1 Å². The van der Waals surface area contributed by atoms with Crippen molar-refractivity contribution in [2.24, 2.45) is 10.2 Å². The third-order valence-corrected chi connectivity index (χ3v) is 6.15. The van der Waals surface area contributed by atoms with Crippen LogP contribution in [0.5, 0.6) is 11.5 Å². The zero-order valence-corrected chi connectivity index (χ0v) is 18.6. The van der Waals surface area contributed by atoms with E-state index in [-0.39, 0.29) is 11.2 Å². The lowest BCUT2D eigenvalue weighted by Crippen LogP contribution is -2.31. The lowest BCUT2D eigenvalue weighted by molar-refractivity contribution is -0.126. The minimum Gasteiger partial charge on any atom is -0.493 e. The molecule has 0 N–H and O–H groups in total. The number of hydrogen-bond acceptors (Lipinski definition) is 6. The van der Waals surface area contributed by atoms with Gasteiger partial charge in [-0.2, -0.15) is 5.10 Å². The molecular formula is C23H27N3O3S. The Bertz CT molecular complexity index is 958. The fraction of sp³-hybridized carbons (Fsp3) is 0.348. The molecule has 1 heterocycles. The van der Waals surface area contributed by atoms with Crippen LogP contribution in [0.3, 0.4) is 0 Å². The minimum absolute atomic E-state index is 0.102. The van der Waals surface area contributed by atoms with Crippen molar-refractivity contribution in [3.8, 4) is 11.5 Å². The van der Waals surface area contributed by atoms with Crippen molar-refractivity contribution in [3.05, 3.63) is 59.2 Å². The van der Waals surface area contributed by atoms with E-state index in [0.717, 1.165) is 29.5 Å². The SMILES string of the molecule is CCCC1SC(=NN=Cc2ccc(OC)c(OC)c2)N(Cc2ccccc2C)C1=O. The first kappa shape index (κ1) is 21.9. The average Bonchev–Trinajstić information content (AvgIpc) is 3.04. The highest BCUT2D eigenvalue weighted by Crippen LogP contribution is 2.32. The molecule has 0 bridgehead atoms. The Hall–Kier alpha value is -2.80. The number of aryl methyl sites for hydroxylation is 1. The van der Waals surface area contributed by atoms with Crippen LogP contribution < -0.4 is 9.47 Å². The van der Waals surface area contributed by atoms with Gasteiger partial charge < -0.3 is 9.47 Å². The molecule has 0 aromatic heterocycles. The number of carbonyl (C=O) groups excluding carboxylic acids is 1. The fourth-order valence-corrected chi connectivity index (χ4v) is 4.43. The van der Waals surface area contributed by atoms with E-state index >= 15 is 0 Å². The topological polar surface area (TPSA) is 63.5 Å². The van der Waals surface area contributed by atoms with E-state index in [9.17, 15) is 4.79 Å². The van der Waals surface area contributed by atoms with Crippen LogP contribution >= 0.6 is 11.8 Å². The predicted molar refractivity (Wildman–Crippen MR) is 123 cm³/mol. The van der Waals surface area contributed by atoms with Crippen molar-refractivity contribution < 1.29 is 14.3 Å². The Morgan fingerprint density at radius 1 is 1.13 bits per heavy atom. The van der Waals surface area contributed by atoms with Crippen molar-refractivity contribution in [2.45, 2.75) is 38.5 Å². The van der Waals surface area contributed by atoms with Gasteiger partial charge in [-0.1, -0.05) is 49.4 Å². The number of hydrogen-bond donors (Lipinski definition) is 0. The molecule has 158 valence electrons. The molecular weight excluding hydrogens is 398 g/mol. The Labute approximate surface area is 182 Å². The van der Waals surface area contributed by atoms with Crippen molar-refractivity contribution in [2.75, 3.05) is 14.2 Å². The molecule has 1 amide bonds. The predicted octanol–water partition coefficient (Wildman–Crippen LogP) is 4.65. The van der Waals surface area contributed by atoms with E-state index in [0.29, 0.717) is 23.2 Å². The molecule has 1 fully saturated rings. The summed E-state index contributed by atoms with van der Waals surface area (Å²) in [5.41, 5.74) is 3.10. The van der Waals surface area contributed by atoms with E-state index in [1.165, 1.54) is 11.8 Å². The summed E-state index contributed by atoms with van der Waals surface area (Å²) in [6.07, 6.45) is 3.43. The van der Waals surface area contributed by atoms with Crippen LogP contribution in [-0.4, -0.2) is 41.7 Å². The molecule has 2 aromatic carbocycles. The van der Waals surface area contributed by atoms with Gasteiger partial charge in [-0.05, 0) is 48.2 Å². The highest BCUT2D eigenvalue weighted by atomic mass is 32.2. The van der Waals surface area contributed by atoms with Crippen LogP contribution in [0.1, 0.15) is 36.5 Å². The Kier molecular flexibility index (Phi) is 7.52. The fourth-order valence-electron chi connectivity index (χ4n) is 3.21. The average molecular weight is 426 g/mol. The largest absolute Gasteiger partial charge is 0.493 e. The van der Waals surface area contributed by atoms with Crippen molar-refractivity contribution in [3.63, 3.8) is 0 Å². The Morgan fingerprint density at radius 2 is 1.90 bits per heavy atom. The smallest absolute Gasteiger partial charge is 0.242 e. The van der Waals surface area contributed by atoms with Crippen molar-refractivity contribution in [1.82, 2.24) is 4.90 Å². The van der Waals surface area contributed by atoms with Gasteiger partial charge in [-0.25, -0.2) is 0 Å². The van der Waals surface area contributed by atoms with Gasteiger partial charge in [-0.3, -0.25) is 9.69 Å². The first-order valence-corrected chi connectivity index (χ1v) is 10.8. The molecule has 3 rings (SSSR count). The summed E-state index contributed by atoms with van der Waals surface area (Å²) in [6, 6.07) is 13.6. The molecule has 0 saturated carbocycles. The third-order valence-electron chi connectivity index (χ3n) is 4.92. The van der Waals surface area contributed by atoms with Crippen molar-refractivity contribution in [1.29, 1.82) is 0 Å². The molecule has 0 spiro atoms. The molecule has 1 saturated heterocycles. The summed E-state index contributed by atoms with van der Waals surface area (Å²) in [4.78, 5) is 14.7. The van der Waals surface area contributed by atoms with Gasteiger partial charge in [0.1, 0.15) is 0 Å². The van der Waals surface area contributed by atoms with Gasteiger partial charge in [0.05, 0.1) is 32.2 Å². The Morgan fingerprint density at radius 3 is 2.60 bits per heavy atom. The standard InChI is InChI=1S/C23H27N3O3S/c1-5-8-21-22(27)26(15-18-10-7-6-9-16(18)2)23(30-21)25-24-14-17-11-12-19(28-3)20(13-17)29-4/h6-7,9-14,21H,5,8,15H2,1-4H3. The third kappa shape index (κ3) is 5.02. The molecule has 6 nitrogen and oxygen atoms in total. The van der Waals surface area contributed by atoms with Crippen LogP contribution in [0.25, 0.3) is 0 Å². The van der Waals surface area contributed by atoms with Gasteiger partial charge in [0.15, 0.2) is 16.7 Å². The van der Waals surface area contributed by atoms with Crippen LogP contribution in [0.2, 0.25) is 0 Å². The summed E-state index contributed by atoms with van der Waals surface area (Å²) < 4.78 is 10.6.